The van der Waals surface area contributed by atoms with E-state index in [0.29, 0.717) is 11.5 Å². The number of pyridine rings is 2. The van der Waals surface area contributed by atoms with Gasteiger partial charge in [0.2, 0.25) is 0 Å². The molecule has 2 saturated carbocycles. The summed E-state index contributed by atoms with van der Waals surface area (Å²) in [5.41, 5.74) is 4.43. The molecule has 9 heteroatoms. The minimum absolute atomic E-state index is 0.0204. The van der Waals surface area contributed by atoms with Gasteiger partial charge in [0.15, 0.2) is 0 Å². The topological polar surface area (TPSA) is 84.1 Å². The Hall–Kier alpha value is -3.20. The minimum Gasteiger partial charge on any atom is -0.370 e. The van der Waals surface area contributed by atoms with E-state index in [1.807, 2.05) is 31.7 Å². The normalized spacial score (nSPS) is 23.3. The van der Waals surface area contributed by atoms with Gasteiger partial charge in [-0.3, -0.25) is 14.3 Å². The number of aromatic nitrogens is 5. The zero-order chi connectivity index (χ0) is 26.4. The molecule has 0 radical (unpaired) electrons. The molecule has 3 aromatic heterocycles. The summed E-state index contributed by atoms with van der Waals surface area (Å²) in [6, 6.07) is 6.51. The molecule has 39 heavy (non-hydrogen) atoms. The van der Waals surface area contributed by atoms with Crippen molar-refractivity contribution < 1.29 is 0 Å². The van der Waals surface area contributed by atoms with Gasteiger partial charge in [0.25, 0.3) is 5.56 Å². The predicted molar refractivity (Wildman–Crippen MR) is 153 cm³/mol. The fourth-order valence-corrected chi connectivity index (χ4v) is 6.79. The molecule has 2 saturated heterocycles. The van der Waals surface area contributed by atoms with Gasteiger partial charge in [0.05, 0.1) is 18.1 Å². The fraction of sp³-hybridized carbons (Fsp3) is 0.600. The molecule has 4 aliphatic rings. The number of piperidine rings is 1. The molecular weight excluding hydrogens is 488 g/mol. The van der Waals surface area contributed by atoms with Crippen molar-refractivity contribution in [2.45, 2.75) is 70.5 Å². The number of rotatable bonds is 8. The van der Waals surface area contributed by atoms with Crippen LogP contribution in [0.4, 0.5) is 11.4 Å². The minimum atomic E-state index is -0.281. The Balaban J connectivity index is 1.01. The van der Waals surface area contributed by atoms with Crippen LogP contribution < -0.4 is 20.7 Å². The first-order valence-electron chi connectivity index (χ1n) is 14.9. The summed E-state index contributed by atoms with van der Waals surface area (Å²) in [7, 11) is 0. The maximum Gasteiger partial charge on any atom is 0.254 e. The van der Waals surface area contributed by atoms with Crippen molar-refractivity contribution in [2.24, 2.45) is 11.3 Å². The lowest BCUT2D eigenvalue weighted by atomic mass is 9.63. The number of hydrogen-bond donors (Lipinski definition) is 1. The van der Waals surface area contributed by atoms with Gasteiger partial charge < -0.3 is 15.1 Å². The highest BCUT2D eigenvalue weighted by Crippen LogP contribution is 2.49. The lowest BCUT2D eigenvalue weighted by Gasteiger charge is -2.56. The molecule has 1 spiro atoms. The zero-order valence-corrected chi connectivity index (χ0v) is 23.0. The summed E-state index contributed by atoms with van der Waals surface area (Å²) in [6.45, 7) is 7.35. The van der Waals surface area contributed by atoms with Crippen LogP contribution in [0.2, 0.25) is 0 Å². The van der Waals surface area contributed by atoms with Crippen LogP contribution in [0.25, 0.3) is 11.3 Å². The van der Waals surface area contributed by atoms with Gasteiger partial charge in [-0.15, -0.1) is 5.10 Å². The van der Waals surface area contributed by atoms with Crippen molar-refractivity contribution >= 4 is 11.4 Å². The highest BCUT2D eigenvalue weighted by Gasteiger charge is 2.47. The molecule has 4 fully saturated rings. The third kappa shape index (κ3) is 4.86. The van der Waals surface area contributed by atoms with E-state index in [-0.39, 0.29) is 11.7 Å². The molecule has 0 amide bonds. The van der Waals surface area contributed by atoms with E-state index in [4.69, 9.17) is 0 Å². The highest BCUT2D eigenvalue weighted by atomic mass is 16.1. The van der Waals surface area contributed by atoms with Crippen molar-refractivity contribution in [1.29, 1.82) is 0 Å². The molecule has 9 nitrogen and oxygen atoms in total. The summed E-state index contributed by atoms with van der Waals surface area (Å²) in [6.07, 6.45) is 17.9. The molecule has 0 aromatic carbocycles. The number of nitrogens with zero attached hydrogens (tertiary/aromatic N) is 7. The molecule has 7 rings (SSSR count). The van der Waals surface area contributed by atoms with Gasteiger partial charge in [0.1, 0.15) is 11.9 Å². The summed E-state index contributed by atoms with van der Waals surface area (Å²) in [4.78, 5) is 22.5. The quantitative estimate of drug-likeness (QED) is 0.474. The summed E-state index contributed by atoms with van der Waals surface area (Å²) < 4.78 is 3.49. The molecule has 2 atom stereocenters. The van der Waals surface area contributed by atoms with E-state index in [1.54, 1.807) is 15.3 Å². The van der Waals surface area contributed by atoms with Crippen molar-refractivity contribution in [3.8, 4) is 11.3 Å². The molecule has 206 valence electrons. The second-order valence-corrected chi connectivity index (χ2v) is 12.5. The molecule has 1 N–H and O–H groups in total. The monoisotopic (exact) mass is 528 g/mol. The average molecular weight is 529 g/mol. The van der Waals surface area contributed by atoms with Crippen molar-refractivity contribution in [2.75, 3.05) is 42.5 Å². The molecule has 0 bridgehead atoms. The Labute approximate surface area is 230 Å². The van der Waals surface area contributed by atoms with Crippen LogP contribution in [0.1, 0.15) is 64.5 Å². The van der Waals surface area contributed by atoms with Crippen LogP contribution >= 0.6 is 0 Å². The molecule has 1 unspecified atom stereocenters. The Morgan fingerprint density at radius 2 is 1.92 bits per heavy atom. The lowest BCUT2D eigenvalue weighted by Crippen LogP contribution is -2.59. The highest BCUT2D eigenvalue weighted by molar-refractivity contribution is 5.64. The van der Waals surface area contributed by atoms with Gasteiger partial charge in [-0.1, -0.05) is 18.1 Å². The van der Waals surface area contributed by atoms with Gasteiger partial charge in [-0.05, 0) is 70.0 Å². The van der Waals surface area contributed by atoms with Crippen molar-refractivity contribution in [3.63, 3.8) is 0 Å². The second kappa shape index (κ2) is 10.1. The third-order valence-corrected chi connectivity index (χ3v) is 9.79. The van der Waals surface area contributed by atoms with Crippen molar-refractivity contribution in [1.82, 2.24) is 29.9 Å². The Morgan fingerprint density at radius 1 is 1.05 bits per heavy atom. The van der Waals surface area contributed by atoms with E-state index < -0.39 is 0 Å². The van der Waals surface area contributed by atoms with Crippen LogP contribution in [0.5, 0.6) is 0 Å². The number of anilines is 2. The SMILES string of the molecule is CC(n1cc(-c2cncc(N3CC4(CCC4)C3)c2)nn1)n1ccc(N2CCC[C@@H](NCC3CCC3)C2)cc1=O. The summed E-state index contributed by atoms with van der Waals surface area (Å²) in [5, 5.41) is 12.6. The van der Waals surface area contributed by atoms with Gasteiger partial charge in [0, 0.05) is 67.3 Å². The zero-order valence-electron chi connectivity index (χ0n) is 23.0. The van der Waals surface area contributed by atoms with E-state index in [9.17, 15) is 4.79 Å². The maximum atomic E-state index is 13.2. The van der Waals surface area contributed by atoms with Crippen molar-refractivity contribution in [3.05, 3.63) is 53.3 Å². The fourth-order valence-electron chi connectivity index (χ4n) is 6.79. The third-order valence-electron chi connectivity index (χ3n) is 9.79. The van der Waals surface area contributed by atoms with Crippen LogP contribution in [-0.4, -0.2) is 63.3 Å². The first-order valence-corrected chi connectivity index (χ1v) is 14.9. The van der Waals surface area contributed by atoms with E-state index in [0.717, 1.165) is 67.7 Å². The summed E-state index contributed by atoms with van der Waals surface area (Å²) >= 11 is 0. The van der Waals surface area contributed by atoms with E-state index >= 15 is 0 Å². The predicted octanol–water partition coefficient (Wildman–Crippen LogP) is 3.92. The largest absolute Gasteiger partial charge is 0.370 e. The molecule has 5 heterocycles. The van der Waals surface area contributed by atoms with Gasteiger partial charge >= 0.3 is 0 Å². The Bertz CT molecular complexity index is 1370. The van der Waals surface area contributed by atoms with E-state index in [2.05, 4.69) is 42.5 Å². The van der Waals surface area contributed by atoms with Crippen LogP contribution in [-0.2, 0) is 0 Å². The van der Waals surface area contributed by atoms with Crippen LogP contribution in [0.15, 0.2) is 47.8 Å². The maximum absolute atomic E-state index is 13.2. The molecule has 2 aliphatic heterocycles. The molecule has 3 aromatic rings. The van der Waals surface area contributed by atoms with Crippen LogP contribution in [0, 0.1) is 11.3 Å². The Kier molecular flexibility index (Phi) is 6.41. The number of hydrogen-bond acceptors (Lipinski definition) is 7. The molecule has 2 aliphatic carbocycles. The number of nitrogens with one attached hydrogen (secondary N) is 1. The Morgan fingerprint density at radius 3 is 2.67 bits per heavy atom. The summed E-state index contributed by atoms with van der Waals surface area (Å²) in [5.74, 6) is 0.864. The van der Waals surface area contributed by atoms with Crippen LogP contribution in [0.3, 0.4) is 0 Å². The standard InChI is InChI=1S/C30H40N8O/c1-22(37-12-8-26(14-29(37)39)35-11-3-7-25(18-35)32-15-23-5-2-6-23)38-19-28(33-34-38)24-13-27(17-31-16-24)36-20-30(21-36)9-4-10-30/h8,12-14,16-17,19,22-23,25,32H,2-7,9-11,15,18,20-21H2,1H3/t22?,25-/m1/s1. The smallest absolute Gasteiger partial charge is 0.254 e. The van der Waals surface area contributed by atoms with Gasteiger partial charge in [-0.25, -0.2) is 4.68 Å². The second-order valence-electron chi connectivity index (χ2n) is 12.5. The lowest BCUT2D eigenvalue weighted by molar-refractivity contribution is 0.0904. The average Bonchev–Trinajstić information content (AvgIpc) is 3.37. The van der Waals surface area contributed by atoms with Gasteiger partial charge in [-0.2, -0.15) is 0 Å². The van der Waals surface area contributed by atoms with E-state index in [1.165, 1.54) is 44.9 Å². The molecular formula is C30H40N8O. The first-order chi connectivity index (χ1) is 19.1. The first kappa shape index (κ1) is 24.8.